The maximum absolute atomic E-state index is 14.1. The third kappa shape index (κ3) is 10.3. The summed E-state index contributed by atoms with van der Waals surface area (Å²) in [5.74, 6) is -3.54. The molecular weight excluding hydrogens is 756 g/mol. The molecule has 0 aromatic carbocycles. The highest BCUT2D eigenvalue weighted by Crippen LogP contribution is 2.46. The van der Waals surface area contributed by atoms with Crippen molar-refractivity contribution in [1.82, 2.24) is 0 Å². The molecular formula is C43H68O15. The van der Waals surface area contributed by atoms with E-state index < -0.39 is 115 Å². The predicted molar refractivity (Wildman–Crippen MR) is 209 cm³/mol. The lowest BCUT2D eigenvalue weighted by molar-refractivity contribution is -0.358. The Balaban J connectivity index is 1.39. The maximum Gasteiger partial charge on any atom is 0.309 e. The van der Waals surface area contributed by atoms with Crippen molar-refractivity contribution < 1.29 is 71.9 Å². The van der Waals surface area contributed by atoms with E-state index in [1.54, 1.807) is 13.8 Å². The SMILES string of the molecule is CO[C@@H]1[C@H](O[C@@H]2[C@@H](OC)[C@H](O[C@H]3C[C@H]4CC(=O)[C@@]5(O)O[C@H](C[C@H]5C)C(C)(C)[C@@H](/C=C/C=C/C=C/C(C)C)OC(=O)C[C@H](O4)[C@@H]3C)OC[C@H]2OC)O[C@@H](C)[C@@H](O)[C@@H]1OC. The van der Waals surface area contributed by atoms with E-state index in [-0.39, 0.29) is 31.8 Å². The van der Waals surface area contributed by atoms with Gasteiger partial charge in [-0.1, -0.05) is 71.9 Å². The van der Waals surface area contributed by atoms with Crippen LogP contribution in [0.25, 0.3) is 0 Å². The number of aliphatic hydroxyl groups excluding tert-OH is 1. The van der Waals surface area contributed by atoms with E-state index in [9.17, 15) is 19.8 Å². The standard InChI is InChI=1S/C43H68O15/c1-23(2)16-14-12-13-15-17-32-42(6,7)33-18-24(3)43(47,58-33)31(44)20-27-19-28(25(4)29(54-27)21-34(45)56-32)55-40-38(50-10)36(30(48-8)22-52-40)57-41-39(51-11)37(49-9)35(46)26(5)53-41/h12-17,23-30,32-33,35-41,46-47H,18-22H2,1-11H3/b13-12+,16-14+,17-15+/t24-,25-,26+,27+,28+,29+,30-,32-,33-,35-,36+,37+,38-,39+,40+,41+,43+/m1/s1. The molecule has 58 heavy (non-hydrogen) atoms. The Kier molecular flexibility index (Phi) is 16.3. The summed E-state index contributed by atoms with van der Waals surface area (Å²) in [6, 6.07) is 0. The number of ether oxygens (including phenoxy) is 11. The highest BCUT2D eigenvalue weighted by Gasteiger charge is 2.57. The molecule has 0 saturated carbocycles. The largest absolute Gasteiger partial charge is 0.457 e. The second-order valence-corrected chi connectivity index (χ2v) is 17.3. The first kappa shape index (κ1) is 46.9. The van der Waals surface area contributed by atoms with Crippen LogP contribution in [0.2, 0.25) is 0 Å². The lowest BCUT2D eigenvalue weighted by atomic mass is 9.77. The minimum atomic E-state index is -2.06. The summed E-state index contributed by atoms with van der Waals surface area (Å²) in [5.41, 5.74) is -0.811. The number of rotatable bonds is 12. The normalized spacial score (nSPS) is 44.1. The number of carbonyl (C=O) groups is 2. The number of methoxy groups -OCH3 is 4. The fraction of sp³-hybridized carbons (Fsp3) is 0.814. The second kappa shape index (κ2) is 20.2. The van der Waals surface area contributed by atoms with Gasteiger partial charge in [0.15, 0.2) is 18.4 Å². The van der Waals surface area contributed by atoms with Crippen molar-refractivity contribution in [1.29, 1.82) is 0 Å². The molecule has 15 heteroatoms. The van der Waals surface area contributed by atoms with E-state index in [0.29, 0.717) is 12.3 Å². The number of cyclic esters (lactones) is 1. The molecule has 0 aromatic rings. The lowest BCUT2D eigenvalue weighted by Crippen LogP contribution is -2.63. The first-order chi connectivity index (χ1) is 27.5. The van der Waals surface area contributed by atoms with Gasteiger partial charge in [0.25, 0.3) is 0 Å². The summed E-state index contributed by atoms with van der Waals surface area (Å²) in [6.07, 6.45) is 1.19. The molecule has 0 aliphatic carbocycles. The van der Waals surface area contributed by atoms with Gasteiger partial charge < -0.3 is 62.3 Å². The van der Waals surface area contributed by atoms with Gasteiger partial charge in [-0.25, -0.2) is 0 Å². The third-order valence-corrected chi connectivity index (χ3v) is 12.6. The highest BCUT2D eigenvalue weighted by atomic mass is 16.8. The smallest absolute Gasteiger partial charge is 0.309 e. The molecule has 0 aromatic heterocycles. The molecule has 330 valence electrons. The van der Waals surface area contributed by atoms with Crippen molar-refractivity contribution in [2.45, 2.75) is 166 Å². The Morgan fingerprint density at radius 1 is 0.793 bits per heavy atom. The highest BCUT2D eigenvalue weighted by molar-refractivity contribution is 5.86. The quantitative estimate of drug-likeness (QED) is 0.215. The molecule has 5 rings (SSSR count). The van der Waals surface area contributed by atoms with E-state index in [4.69, 9.17) is 52.1 Å². The minimum Gasteiger partial charge on any atom is -0.457 e. The maximum atomic E-state index is 14.1. The van der Waals surface area contributed by atoms with Gasteiger partial charge in [0.1, 0.15) is 42.7 Å². The van der Waals surface area contributed by atoms with Gasteiger partial charge in [-0.2, -0.15) is 0 Å². The molecule has 5 saturated heterocycles. The van der Waals surface area contributed by atoms with Crippen LogP contribution < -0.4 is 0 Å². The molecule has 2 N–H and O–H groups in total. The van der Waals surface area contributed by atoms with Crippen LogP contribution in [-0.2, 0) is 61.7 Å². The van der Waals surface area contributed by atoms with Crippen molar-refractivity contribution in [2.24, 2.45) is 23.2 Å². The molecule has 5 aliphatic rings. The molecule has 0 radical (unpaired) electrons. The van der Waals surface area contributed by atoms with Gasteiger partial charge in [0.05, 0.1) is 43.5 Å². The number of hydrogen-bond donors (Lipinski definition) is 2. The number of fused-ring (bicyclic) bond motifs is 4. The van der Waals surface area contributed by atoms with Gasteiger partial charge >= 0.3 is 5.97 Å². The summed E-state index contributed by atoms with van der Waals surface area (Å²) >= 11 is 0. The molecule has 0 amide bonds. The second-order valence-electron chi connectivity index (χ2n) is 17.3. The Bertz CT molecular complexity index is 1450. The number of ketones is 1. The van der Waals surface area contributed by atoms with Crippen LogP contribution in [0.15, 0.2) is 36.5 Å². The number of carbonyl (C=O) groups excluding carboxylic acids is 2. The first-order valence-electron chi connectivity index (χ1n) is 20.7. The Hall–Kier alpha value is -2.12. The number of aliphatic hydroxyl groups is 2. The summed E-state index contributed by atoms with van der Waals surface area (Å²) in [7, 11) is 6.02. The summed E-state index contributed by atoms with van der Waals surface area (Å²) in [6.45, 7) is 13.5. The van der Waals surface area contributed by atoms with Crippen molar-refractivity contribution in [2.75, 3.05) is 35.0 Å². The molecule has 17 atom stereocenters. The molecule has 0 unspecified atom stereocenters. The van der Waals surface area contributed by atoms with E-state index in [1.807, 2.05) is 51.2 Å². The molecule has 15 nitrogen and oxygen atoms in total. The molecule has 5 aliphatic heterocycles. The fourth-order valence-electron chi connectivity index (χ4n) is 8.67. The zero-order chi connectivity index (χ0) is 42.5. The number of hydrogen-bond acceptors (Lipinski definition) is 15. The van der Waals surface area contributed by atoms with Gasteiger partial charge in [0.2, 0.25) is 5.79 Å². The van der Waals surface area contributed by atoms with E-state index in [0.717, 1.165) is 0 Å². The molecule has 5 heterocycles. The Morgan fingerprint density at radius 3 is 2.12 bits per heavy atom. The number of esters is 1. The van der Waals surface area contributed by atoms with Crippen LogP contribution in [0.4, 0.5) is 0 Å². The van der Waals surface area contributed by atoms with Gasteiger partial charge in [-0.3, -0.25) is 9.59 Å². The van der Waals surface area contributed by atoms with E-state index in [1.165, 1.54) is 28.4 Å². The van der Waals surface area contributed by atoms with Gasteiger partial charge in [0, 0.05) is 58.5 Å². The topological polar surface area (TPSA) is 176 Å². The third-order valence-electron chi connectivity index (χ3n) is 12.6. The van der Waals surface area contributed by atoms with Crippen molar-refractivity contribution >= 4 is 11.8 Å². The van der Waals surface area contributed by atoms with Crippen LogP contribution in [0.5, 0.6) is 0 Å². The zero-order valence-corrected chi connectivity index (χ0v) is 36.0. The Labute approximate surface area is 343 Å². The average molecular weight is 825 g/mol. The Morgan fingerprint density at radius 2 is 1.47 bits per heavy atom. The van der Waals surface area contributed by atoms with Gasteiger partial charge in [-0.05, 0) is 25.3 Å². The first-order valence-corrected chi connectivity index (χ1v) is 20.7. The van der Waals surface area contributed by atoms with Gasteiger partial charge in [-0.15, -0.1) is 0 Å². The van der Waals surface area contributed by atoms with Crippen molar-refractivity contribution in [3.05, 3.63) is 36.5 Å². The zero-order valence-electron chi connectivity index (χ0n) is 36.0. The van der Waals surface area contributed by atoms with E-state index in [2.05, 4.69) is 19.9 Å². The van der Waals surface area contributed by atoms with E-state index >= 15 is 0 Å². The lowest BCUT2D eigenvalue weighted by Gasteiger charge is -2.48. The van der Waals surface area contributed by atoms with Crippen LogP contribution in [0.3, 0.4) is 0 Å². The number of allylic oxidation sites excluding steroid dienone is 5. The molecule has 4 bridgehead atoms. The van der Waals surface area contributed by atoms with Crippen LogP contribution in [0.1, 0.15) is 74.1 Å². The number of Topliss-reactive ketones (excluding diaryl/α,β-unsaturated/α-hetero) is 1. The van der Waals surface area contributed by atoms with Crippen LogP contribution >= 0.6 is 0 Å². The molecule has 0 spiro atoms. The summed E-state index contributed by atoms with van der Waals surface area (Å²) in [5, 5.41) is 22.6. The average Bonchev–Trinajstić information content (AvgIpc) is 3.50. The monoisotopic (exact) mass is 824 g/mol. The predicted octanol–water partition coefficient (Wildman–Crippen LogP) is 3.81. The summed E-state index contributed by atoms with van der Waals surface area (Å²) < 4.78 is 67.6. The molecule has 5 fully saturated rings. The minimum absolute atomic E-state index is 0.0779. The summed E-state index contributed by atoms with van der Waals surface area (Å²) in [4.78, 5) is 27.9. The fourth-order valence-corrected chi connectivity index (χ4v) is 8.67. The van der Waals surface area contributed by atoms with Crippen LogP contribution in [0, 0.1) is 23.2 Å². The van der Waals surface area contributed by atoms with Crippen LogP contribution in [-0.4, -0.2) is 149 Å². The van der Waals surface area contributed by atoms with Crippen molar-refractivity contribution in [3.8, 4) is 0 Å². The van der Waals surface area contributed by atoms with Crippen molar-refractivity contribution in [3.63, 3.8) is 0 Å².